The Bertz CT molecular complexity index is 208. The van der Waals surface area contributed by atoms with Crippen molar-refractivity contribution < 1.29 is 4.43 Å². The molecule has 134 valence electrons. The highest BCUT2D eigenvalue weighted by atomic mass is 28.4. The molecule has 0 spiro atoms. The molecule has 2 heteroatoms. The molecule has 1 atom stereocenters. The fourth-order valence-corrected chi connectivity index (χ4v) is 8.46. The van der Waals surface area contributed by atoms with Crippen molar-refractivity contribution in [3.8, 4) is 0 Å². The molecule has 0 radical (unpaired) electrons. The van der Waals surface area contributed by atoms with Gasteiger partial charge in [-0.15, -0.1) is 0 Å². The highest BCUT2D eigenvalue weighted by molar-refractivity contribution is 6.73. The van der Waals surface area contributed by atoms with Crippen molar-refractivity contribution in [3.05, 3.63) is 0 Å². The summed E-state index contributed by atoms with van der Waals surface area (Å²) in [5.41, 5.74) is 0. The smallest absolute Gasteiger partial charge is 0.193 e. The van der Waals surface area contributed by atoms with Gasteiger partial charge in [0, 0.05) is 6.10 Å². The van der Waals surface area contributed by atoms with E-state index in [-0.39, 0.29) is 0 Å². The van der Waals surface area contributed by atoms with E-state index in [1.807, 2.05) is 0 Å². The lowest BCUT2D eigenvalue weighted by Gasteiger charge is -2.36. The normalized spacial score (nSPS) is 13.5. The molecule has 0 aliphatic rings. The minimum Gasteiger partial charge on any atom is -0.414 e. The van der Waals surface area contributed by atoms with Crippen LogP contribution in [0.5, 0.6) is 0 Å². The van der Waals surface area contributed by atoms with Gasteiger partial charge >= 0.3 is 0 Å². The molecule has 0 N–H and O–H groups in total. The van der Waals surface area contributed by atoms with Gasteiger partial charge < -0.3 is 4.43 Å². The van der Waals surface area contributed by atoms with Gasteiger partial charge in [0.2, 0.25) is 0 Å². The van der Waals surface area contributed by atoms with Crippen molar-refractivity contribution in [2.75, 3.05) is 0 Å². The van der Waals surface area contributed by atoms with Crippen LogP contribution >= 0.6 is 0 Å². The van der Waals surface area contributed by atoms with Crippen molar-refractivity contribution >= 4 is 8.32 Å². The lowest BCUT2D eigenvalue weighted by atomic mass is 10.1. The summed E-state index contributed by atoms with van der Waals surface area (Å²) in [5, 5.41) is 0. The highest BCUT2D eigenvalue weighted by Crippen LogP contribution is 2.32. The van der Waals surface area contributed by atoms with Crippen LogP contribution in [0.2, 0.25) is 18.1 Å². The second-order valence-corrected chi connectivity index (χ2v) is 11.3. The molecule has 0 saturated heterocycles. The first kappa shape index (κ1) is 22.2. The fourth-order valence-electron chi connectivity index (χ4n) is 3.42. The van der Waals surface area contributed by atoms with Crippen LogP contribution < -0.4 is 0 Å². The molecule has 0 saturated carbocycles. The summed E-state index contributed by atoms with van der Waals surface area (Å²) in [6, 6.07) is 4.24. The van der Waals surface area contributed by atoms with Crippen molar-refractivity contribution in [2.45, 2.75) is 129 Å². The zero-order chi connectivity index (χ0) is 16.7. The topological polar surface area (TPSA) is 9.23 Å². The van der Waals surface area contributed by atoms with Crippen LogP contribution in [0.15, 0.2) is 0 Å². The average molecular weight is 329 g/mol. The molecule has 0 fully saturated rings. The molecule has 0 aromatic heterocycles. The summed E-state index contributed by atoms with van der Waals surface area (Å²) in [5.74, 6) is 0. The maximum atomic E-state index is 7.03. The van der Waals surface area contributed by atoms with Gasteiger partial charge in [-0.25, -0.2) is 0 Å². The zero-order valence-corrected chi connectivity index (χ0v) is 17.4. The van der Waals surface area contributed by atoms with Gasteiger partial charge in [0.1, 0.15) is 0 Å². The van der Waals surface area contributed by atoms with Crippen LogP contribution in [0.4, 0.5) is 0 Å². The quantitative estimate of drug-likeness (QED) is 0.264. The molecule has 0 aliphatic carbocycles. The monoisotopic (exact) mass is 328 g/mol. The average Bonchev–Trinajstić information content (AvgIpc) is 2.54. The largest absolute Gasteiger partial charge is 0.414 e. The van der Waals surface area contributed by atoms with E-state index in [1.54, 1.807) is 0 Å². The van der Waals surface area contributed by atoms with Crippen LogP contribution in [0.25, 0.3) is 0 Å². The lowest BCUT2D eigenvalue weighted by molar-refractivity contribution is 0.160. The first-order valence-corrected chi connectivity index (χ1v) is 12.9. The van der Waals surface area contributed by atoms with Gasteiger partial charge in [-0.3, -0.25) is 0 Å². The zero-order valence-electron chi connectivity index (χ0n) is 16.4. The van der Waals surface area contributed by atoms with Gasteiger partial charge in [0.25, 0.3) is 0 Å². The van der Waals surface area contributed by atoms with E-state index in [0.717, 1.165) is 0 Å². The summed E-state index contributed by atoms with van der Waals surface area (Å²) in [4.78, 5) is 0. The Labute approximate surface area is 142 Å². The fraction of sp³-hybridized carbons (Fsp3) is 1.00. The first-order valence-electron chi connectivity index (χ1n) is 10.4. The molecule has 0 bridgehead atoms. The lowest BCUT2D eigenvalue weighted by Crippen LogP contribution is -2.42. The molecule has 0 amide bonds. The minimum absolute atomic E-state index is 0.558. The van der Waals surface area contributed by atoms with Crippen LogP contribution in [0.3, 0.4) is 0 Å². The van der Waals surface area contributed by atoms with Gasteiger partial charge in [-0.05, 0) is 31.0 Å². The Kier molecular flexibility index (Phi) is 14.9. The Morgan fingerprint density at radius 2 is 1.05 bits per heavy atom. The maximum absolute atomic E-state index is 7.03. The van der Waals surface area contributed by atoms with Crippen LogP contribution in [0, 0.1) is 0 Å². The van der Waals surface area contributed by atoms with E-state index in [9.17, 15) is 0 Å². The van der Waals surface area contributed by atoms with E-state index in [0.29, 0.717) is 6.10 Å². The van der Waals surface area contributed by atoms with E-state index < -0.39 is 8.32 Å². The second-order valence-electron chi connectivity index (χ2n) is 7.16. The number of hydrogen-bond acceptors (Lipinski definition) is 1. The number of rotatable bonds is 16. The van der Waals surface area contributed by atoms with Crippen LogP contribution in [-0.4, -0.2) is 14.4 Å². The first-order chi connectivity index (χ1) is 10.7. The summed E-state index contributed by atoms with van der Waals surface area (Å²) < 4.78 is 7.03. The summed E-state index contributed by atoms with van der Waals surface area (Å²) in [6.07, 6.45) is 15.2. The van der Waals surface area contributed by atoms with Crippen molar-refractivity contribution in [3.63, 3.8) is 0 Å². The molecule has 22 heavy (non-hydrogen) atoms. The summed E-state index contributed by atoms with van der Waals surface area (Å²) in [7, 11) is -1.51. The third-order valence-corrected chi connectivity index (χ3v) is 9.49. The van der Waals surface area contributed by atoms with Crippen LogP contribution in [0.1, 0.15) is 105 Å². The third kappa shape index (κ3) is 10.0. The Balaban J connectivity index is 4.91. The molecule has 0 aromatic carbocycles. The van der Waals surface area contributed by atoms with E-state index in [4.69, 9.17) is 4.43 Å². The minimum atomic E-state index is -1.51. The van der Waals surface area contributed by atoms with Crippen molar-refractivity contribution in [1.82, 2.24) is 0 Å². The number of unbranched alkanes of at least 4 members (excludes halogenated alkanes) is 4. The van der Waals surface area contributed by atoms with Crippen LogP contribution in [-0.2, 0) is 4.43 Å². The second kappa shape index (κ2) is 14.7. The van der Waals surface area contributed by atoms with Crippen molar-refractivity contribution in [1.29, 1.82) is 0 Å². The molecule has 1 nitrogen and oxygen atoms in total. The van der Waals surface area contributed by atoms with Gasteiger partial charge in [-0.1, -0.05) is 92.4 Å². The van der Waals surface area contributed by atoms with Gasteiger partial charge in [0.15, 0.2) is 8.32 Å². The molecule has 0 aliphatic heterocycles. The molecule has 0 heterocycles. The highest BCUT2D eigenvalue weighted by Gasteiger charge is 2.35. The molecule has 0 rings (SSSR count). The predicted molar refractivity (Wildman–Crippen MR) is 104 cm³/mol. The summed E-state index contributed by atoms with van der Waals surface area (Å²) in [6.45, 7) is 11.6. The summed E-state index contributed by atoms with van der Waals surface area (Å²) >= 11 is 0. The molecular weight excluding hydrogens is 284 g/mol. The predicted octanol–water partition coefficient (Wildman–Crippen LogP) is 7.71. The maximum Gasteiger partial charge on any atom is 0.193 e. The van der Waals surface area contributed by atoms with Crippen molar-refractivity contribution in [2.24, 2.45) is 0 Å². The van der Waals surface area contributed by atoms with E-state index in [1.165, 1.54) is 88.8 Å². The molecule has 0 aromatic rings. The molecule has 1 unspecified atom stereocenters. The number of hydrogen-bond donors (Lipinski definition) is 0. The Hall–Kier alpha value is 0.177. The van der Waals surface area contributed by atoms with Gasteiger partial charge in [-0.2, -0.15) is 0 Å². The Morgan fingerprint density at radius 3 is 1.41 bits per heavy atom. The van der Waals surface area contributed by atoms with E-state index in [2.05, 4.69) is 34.6 Å². The van der Waals surface area contributed by atoms with Gasteiger partial charge in [0.05, 0.1) is 0 Å². The SMILES string of the molecule is CCCCC(CCC)O[Si](CCCC)(CCCC)CCCC. The molecular formula is C20H44OSi. The standard InChI is InChI=1S/C20H44OSi/c1-6-11-16-20(15-10-5)21-22(17-12-7-2,18-13-8-3)19-14-9-4/h20H,6-19H2,1-5H3. The third-order valence-electron chi connectivity index (χ3n) is 4.86. The van der Waals surface area contributed by atoms with E-state index >= 15 is 0 Å². The Morgan fingerprint density at radius 1 is 0.591 bits per heavy atom.